The Hall–Kier alpha value is 3.81. The fourth-order valence-electron chi connectivity index (χ4n) is 0.454. The summed E-state index contributed by atoms with van der Waals surface area (Å²) in [4.78, 5) is 19.4. The molecule has 0 aliphatic heterocycles. The van der Waals surface area contributed by atoms with E-state index in [-0.39, 0.29) is 109 Å². The minimum Gasteiger partial charge on any atom is 0 e. The van der Waals surface area contributed by atoms with Crippen molar-refractivity contribution in [1.82, 2.24) is 0 Å². The van der Waals surface area contributed by atoms with E-state index in [9.17, 15) is 9.59 Å². The van der Waals surface area contributed by atoms with Gasteiger partial charge in [-0.15, -0.1) is 0 Å². The van der Waals surface area contributed by atoms with Crippen LogP contribution < -0.4 is 0 Å². The van der Waals surface area contributed by atoms with Gasteiger partial charge in [-0.25, -0.2) is 0 Å². The number of hydrogen-bond donors (Lipinski definition) is 0. The first-order chi connectivity index (χ1) is 8.95. The number of hydrogen-bond acceptors (Lipinski definition) is 2. The summed E-state index contributed by atoms with van der Waals surface area (Å²) in [6.45, 7) is 13.8. The van der Waals surface area contributed by atoms with Gasteiger partial charge >= 0.3 is 57.4 Å². The summed E-state index contributed by atoms with van der Waals surface area (Å²) in [5.74, 6) is -0.921. The van der Waals surface area contributed by atoms with Gasteiger partial charge in [0.05, 0.1) is 0 Å². The molecule has 0 heterocycles. The molecule has 0 radical (unpaired) electrons. The molecule has 0 rings (SSSR count). The molecule has 12 heteroatoms. The van der Waals surface area contributed by atoms with Crippen LogP contribution in [0.5, 0.6) is 0 Å². The Labute approximate surface area is 240 Å². The summed E-state index contributed by atoms with van der Waals surface area (Å²) in [7, 11) is 9.78. The van der Waals surface area contributed by atoms with E-state index < -0.39 is 28.8 Å². The van der Waals surface area contributed by atoms with E-state index in [0.29, 0.717) is 12.8 Å². The Morgan fingerprint density at radius 1 is 0.792 bits per heavy atom. The van der Waals surface area contributed by atoms with Gasteiger partial charge in [-0.1, -0.05) is 26.7 Å². The average molecular weight is 588 g/mol. The topological polar surface area (TPSA) is 81.7 Å². The zero-order chi connectivity index (χ0) is 16.7. The number of carbonyl (C=O) groups is 2. The first-order valence-corrected chi connectivity index (χ1v) is 10.1. The predicted molar refractivity (Wildman–Crippen MR) is 82.2 cm³/mol. The van der Waals surface area contributed by atoms with E-state index in [4.69, 9.17) is 30.1 Å². The van der Waals surface area contributed by atoms with Crippen LogP contribution in [0.25, 0.3) is 11.5 Å². The fourth-order valence-corrected chi connectivity index (χ4v) is 0.454. The summed E-state index contributed by atoms with van der Waals surface area (Å²) in [6.07, 6.45) is 2.39. The molecule has 0 spiro atoms. The van der Waals surface area contributed by atoms with Crippen LogP contribution in [0, 0.1) is 13.8 Å². The molecule has 0 atom stereocenters. The first kappa shape index (κ1) is 63.0. The Morgan fingerprint density at radius 2 is 0.917 bits per heavy atom. The van der Waals surface area contributed by atoms with Crippen LogP contribution >= 0.6 is 18.6 Å². The van der Waals surface area contributed by atoms with Gasteiger partial charge < -0.3 is 34.9 Å². The number of rotatable bonds is 4. The zero-order valence-electron chi connectivity index (χ0n) is 14.8. The summed E-state index contributed by atoms with van der Waals surface area (Å²) < 4.78 is 0. The van der Waals surface area contributed by atoms with Crippen molar-refractivity contribution in [2.24, 2.45) is 0 Å². The van der Waals surface area contributed by atoms with Crippen LogP contribution in [0.15, 0.2) is 0 Å². The monoisotopic (exact) mass is 588 g/mol. The van der Waals surface area contributed by atoms with E-state index in [1.807, 2.05) is 13.8 Å². The van der Waals surface area contributed by atoms with Crippen molar-refractivity contribution >= 4 is 30.4 Å². The predicted octanol–water partition coefficient (Wildman–Crippen LogP) is 5.78. The second kappa shape index (κ2) is 81.4. The summed E-state index contributed by atoms with van der Waals surface area (Å²) >= 11 is -0.556. The molecule has 0 aromatic carbocycles. The summed E-state index contributed by atoms with van der Waals surface area (Å²) in [5.41, 5.74) is 12.7. The standard InChI is InChI=1S/2C4H9NO.2C2H5.2ClH.6Ti/c2*1-2-3-4(5)6;2*1-2;;;;;;;;/h2*2-3H2,1H3,(H2,5,6);2*1H2,2H3;2*1H;;;;;;/q;;2*-1;;;;;;;2*+2/p-4. The van der Waals surface area contributed by atoms with Crippen LogP contribution in [0.1, 0.15) is 53.4 Å². The molecule has 0 saturated carbocycles. The van der Waals surface area contributed by atoms with Gasteiger partial charge in [-0.05, 0) is 12.8 Å². The zero-order valence-corrected chi connectivity index (χ0v) is 25.7. The van der Waals surface area contributed by atoms with E-state index in [0.717, 1.165) is 12.8 Å². The van der Waals surface area contributed by atoms with E-state index in [1.165, 1.54) is 0 Å². The second-order valence-electron chi connectivity index (χ2n) is 2.42. The Kier molecular flexibility index (Phi) is 214. The molecule has 0 aliphatic rings. The van der Waals surface area contributed by atoms with E-state index >= 15 is 0 Å². The number of amides is 2. The Morgan fingerprint density at radius 3 is 0.917 bits per heavy atom. The summed E-state index contributed by atoms with van der Waals surface area (Å²) in [6, 6.07) is 0. The van der Waals surface area contributed by atoms with E-state index in [2.05, 4.69) is 13.8 Å². The molecule has 0 fully saturated rings. The van der Waals surface area contributed by atoms with Gasteiger partial charge in [-0.2, -0.15) is 13.8 Å². The van der Waals surface area contributed by atoms with Crippen molar-refractivity contribution in [3.05, 3.63) is 25.3 Å². The van der Waals surface area contributed by atoms with Gasteiger partial charge in [0.2, 0.25) is 0 Å². The SMILES string of the molecule is CCCC([NH-])=O.CCCC([NH-])=O.[CH2-]C.[CH2-]C.[Cl][Ti][Cl].[Ti+2].[Ti].[Ti].[Ti].[Ti]. The Bertz CT molecular complexity index is 160. The van der Waals surface area contributed by atoms with Crippen molar-refractivity contribution in [2.75, 3.05) is 0 Å². The second-order valence-corrected chi connectivity index (χ2v) is 5.00. The third-order valence-electron chi connectivity index (χ3n) is 0.954. The van der Waals surface area contributed by atoms with Crippen molar-refractivity contribution in [1.29, 1.82) is 0 Å². The molecule has 0 aromatic rings. The third kappa shape index (κ3) is 165. The molecule has 0 bridgehead atoms. The van der Waals surface area contributed by atoms with Gasteiger partial charge in [-0.3, -0.25) is 0 Å². The number of carbonyl (C=O) groups excluding carboxylic acids is 2. The quantitative estimate of drug-likeness (QED) is 0.309. The molecule has 0 aliphatic carbocycles. The summed E-state index contributed by atoms with van der Waals surface area (Å²) in [5, 5.41) is 0. The maximum atomic E-state index is 9.71. The van der Waals surface area contributed by atoms with Crippen LogP contribution in [-0.4, -0.2) is 11.8 Å². The van der Waals surface area contributed by atoms with E-state index in [1.54, 1.807) is 13.8 Å². The van der Waals surface area contributed by atoms with Crippen LogP contribution in [-0.2, 0) is 135 Å². The first-order valence-electron chi connectivity index (χ1n) is 5.82. The van der Waals surface area contributed by atoms with Gasteiger partial charge in [0, 0.05) is 98.7 Å². The van der Waals surface area contributed by atoms with Crippen molar-refractivity contribution in [3.63, 3.8) is 0 Å². The number of halogens is 2. The molecular formula is C12H26Cl2N2O2Ti6-2. The fraction of sp³-hybridized carbons (Fsp3) is 0.667. The maximum Gasteiger partial charge on any atom is 2.00 e. The molecule has 2 amide bonds. The smallest absolute Gasteiger partial charge is 0 e. The maximum absolute atomic E-state index is 9.71. The minimum absolute atomic E-state index is 0. The molecule has 24 heavy (non-hydrogen) atoms. The van der Waals surface area contributed by atoms with Gasteiger partial charge in [0.1, 0.15) is 0 Å². The van der Waals surface area contributed by atoms with Crippen molar-refractivity contribution in [3.8, 4) is 0 Å². The molecule has 136 valence electrons. The largest absolute Gasteiger partial charge is 2.00 e. The van der Waals surface area contributed by atoms with Crippen LogP contribution in [0.2, 0.25) is 0 Å². The molecule has 2 N–H and O–H groups in total. The minimum atomic E-state index is -0.556. The van der Waals surface area contributed by atoms with Crippen LogP contribution in [0.4, 0.5) is 0 Å². The normalized spacial score (nSPS) is 5.17. The third-order valence-corrected chi connectivity index (χ3v) is 0.954. The Balaban J connectivity index is -0.0000000130. The van der Waals surface area contributed by atoms with Gasteiger partial charge in [0.15, 0.2) is 0 Å². The van der Waals surface area contributed by atoms with Crippen molar-refractivity contribution < 1.29 is 135 Å². The molecule has 0 unspecified atom stereocenters. The molecule has 0 saturated heterocycles. The van der Waals surface area contributed by atoms with Crippen molar-refractivity contribution in [2.45, 2.75) is 53.4 Å². The molecular weight excluding hydrogens is 562 g/mol. The van der Waals surface area contributed by atoms with Crippen LogP contribution in [0.3, 0.4) is 0 Å². The number of nitrogens with one attached hydrogen (secondary N) is 2. The molecule has 0 aromatic heterocycles. The molecule has 4 nitrogen and oxygen atoms in total. The van der Waals surface area contributed by atoms with Gasteiger partial charge in [0.25, 0.3) is 0 Å². The average Bonchev–Trinajstić information content (AvgIpc) is 2.35.